The Labute approximate surface area is 195 Å². The normalized spacial score (nSPS) is 15.0. The molecule has 0 atom stereocenters. The highest BCUT2D eigenvalue weighted by molar-refractivity contribution is 5.94. The Morgan fingerprint density at radius 1 is 0.758 bits per heavy atom. The molecule has 3 aromatic rings. The van der Waals surface area contributed by atoms with E-state index in [2.05, 4.69) is 24.3 Å². The standard InChI is InChI=1S/C29H30O4/c1-21(30)23-8-6-22(7-9-23)20-28(31)33-27-16-12-25(13-17-27)29(18-4-3-5-19-29)24-10-14-26(32-2)15-11-24/h6-17H,3-5,18-20H2,1-2H3. The molecule has 1 aliphatic rings. The minimum absolute atomic E-state index is 0.00888. The first-order chi connectivity index (χ1) is 16.0. The average Bonchev–Trinajstić information content (AvgIpc) is 2.85. The van der Waals surface area contributed by atoms with Gasteiger partial charge in [0.2, 0.25) is 0 Å². The third-order valence-electron chi connectivity index (χ3n) is 6.70. The van der Waals surface area contributed by atoms with Gasteiger partial charge in [-0.15, -0.1) is 0 Å². The number of methoxy groups -OCH3 is 1. The van der Waals surface area contributed by atoms with Crippen LogP contribution in [0.1, 0.15) is 66.1 Å². The SMILES string of the molecule is COc1ccc(C2(c3ccc(OC(=O)Cc4ccc(C(C)=O)cc4)cc3)CCCCC2)cc1. The molecule has 0 aromatic heterocycles. The molecule has 0 aliphatic heterocycles. The lowest BCUT2D eigenvalue weighted by atomic mass is 9.65. The second-order valence-electron chi connectivity index (χ2n) is 8.80. The molecule has 170 valence electrons. The number of hydrogen-bond acceptors (Lipinski definition) is 4. The first-order valence-corrected chi connectivity index (χ1v) is 11.6. The van der Waals surface area contributed by atoms with Gasteiger partial charge in [0.1, 0.15) is 11.5 Å². The summed E-state index contributed by atoms with van der Waals surface area (Å²) in [5.41, 5.74) is 4.00. The number of Topliss-reactive ketones (excluding diaryl/α,β-unsaturated/α-hetero) is 1. The Balaban J connectivity index is 1.48. The summed E-state index contributed by atoms with van der Waals surface area (Å²) >= 11 is 0. The molecule has 33 heavy (non-hydrogen) atoms. The third kappa shape index (κ3) is 5.16. The lowest BCUT2D eigenvalue weighted by Gasteiger charge is -2.38. The Hall–Kier alpha value is -3.40. The number of carbonyl (C=O) groups excluding carboxylic acids is 2. The van der Waals surface area contributed by atoms with Crippen LogP contribution in [0.3, 0.4) is 0 Å². The highest BCUT2D eigenvalue weighted by Crippen LogP contribution is 2.45. The number of ketones is 1. The van der Waals surface area contributed by atoms with Crippen molar-refractivity contribution in [2.75, 3.05) is 7.11 Å². The van der Waals surface area contributed by atoms with Crippen molar-refractivity contribution in [2.45, 2.75) is 50.9 Å². The van der Waals surface area contributed by atoms with E-state index >= 15 is 0 Å². The molecule has 1 fully saturated rings. The van der Waals surface area contributed by atoms with Crippen molar-refractivity contribution in [3.63, 3.8) is 0 Å². The summed E-state index contributed by atoms with van der Waals surface area (Å²) in [6, 6.07) is 23.5. The van der Waals surface area contributed by atoms with Gasteiger partial charge < -0.3 is 9.47 Å². The molecule has 0 N–H and O–H groups in total. The van der Waals surface area contributed by atoms with Crippen molar-refractivity contribution >= 4 is 11.8 Å². The van der Waals surface area contributed by atoms with E-state index in [1.165, 1.54) is 37.3 Å². The van der Waals surface area contributed by atoms with Crippen molar-refractivity contribution < 1.29 is 19.1 Å². The second-order valence-corrected chi connectivity index (χ2v) is 8.80. The summed E-state index contributed by atoms with van der Waals surface area (Å²) in [6.45, 7) is 1.53. The molecular weight excluding hydrogens is 412 g/mol. The van der Waals surface area contributed by atoms with Crippen LogP contribution in [0.4, 0.5) is 0 Å². The molecule has 0 spiro atoms. The van der Waals surface area contributed by atoms with Gasteiger partial charge in [-0.2, -0.15) is 0 Å². The molecule has 0 radical (unpaired) electrons. The van der Waals surface area contributed by atoms with Crippen molar-refractivity contribution in [3.8, 4) is 11.5 Å². The van der Waals surface area contributed by atoms with Gasteiger partial charge in [-0.05, 0) is 60.7 Å². The fourth-order valence-corrected chi connectivity index (χ4v) is 4.84. The fraction of sp³-hybridized carbons (Fsp3) is 0.310. The molecule has 1 aliphatic carbocycles. The van der Waals surface area contributed by atoms with Crippen molar-refractivity contribution in [1.82, 2.24) is 0 Å². The van der Waals surface area contributed by atoms with Gasteiger partial charge in [0.25, 0.3) is 0 Å². The number of benzene rings is 3. The predicted octanol–water partition coefficient (Wildman–Crippen LogP) is 6.30. The largest absolute Gasteiger partial charge is 0.497 e. The molecule has 0 bridgehead atoms. The molecule has 4 nitrogen and oxygen atoms in total. The number of ether oxygens (including phenoxy) is 2. The average molecular weight is 443 g/mol. The Morgan fingerprint density at radius 3 is 1.82 bits per heavy atom. The molecule has 0 amide bonds. The fourth-order valence-electron chi connectivity index (χ4n) is 4.84. The Morgan fingerprint density at radius 2 is 1.30 bits per heavy atom. The van der Waals surface area contributed by atoms with Crippen LogP contribution in [-0.4, -0.2) is 18.9 Å². The van der Waals surface area contributed by atoms with E-state index in [-0.39, 0.29) is 23.6 Å². The number of carbonyl (C=O) groups is 2. The predicted molar refractivity (Wildman–Crippen MR) is 129 cm³/mol. The molecule has 1 saturated carbocycles. The highest BCUT2D eigenvalue weighted by Gasteiger charge is 2.35. The smallest absolute Gasteiger partial charge is 0.315 e. The minimum atomic E-state index is -0.319. The van der Waals surface area contributed by atoms with Crippen LogP contribution in [0.25, 0.3) is 0 Å². The number of rotatable bonds is 7. The van der Waals surface area contributed by atoms with Gasteiger partial charge in [-0.3, -0.25) is 9.59 Å². The van der Waals surface area contributed by atoms with Crippen LogP contribution in [0.15, 0.2) is 72.8 Å². The first kappa shape index (κ1) is 22.8. The summed E-state index contributed by atoms with van der Waals surface area (Å²) in [7, 11) is 1.69. The molecule has 0 saturated heterocycles. The van der Waals surface area contributed by atoms with Gasteiger partial charge in [-0.25, -0.2) is 0 Å². The van der Waals surface area contributed by atoms with Crippen molar-refractivity contribution in [1.29, 1.82) is 0 Å². The van der Waals surface area contributed by atoms with Crippen LogP contribution in [0.5, 0.6) is 11.5 Å². The maximum Gasteiger partial charge on any atom is 0.315 e. The van der Waals surface area contributed by atoms with E-state index < -0.39 is 0 Å². The molecule has 0 heterocycles. The summed E-state index contributed by atoms with van der Waals surface area (Å²) < 4.78 is 10.9. The lowest BCUT2D eigenvalue weighted by Crippen LogP contribution is -2.30. The maximum absolute atomic E-state index is 12.4. The zero-order valence-corrected chi connectivity index (χ0v) is 19.3. The van der Waals surface area contributed by atoms with Gasteiger partial charge >= 0.3 is 5.97 Å². The lowest BCUT2D eigenvalue weighted by molar-refractivity contribution is -0.133. The third-order valence-corrected chi connectivity index (χ3v) is 6.70. The second kappa shape index (κ2) is 10.0. The van der Waals surface area contributed by atoms with E-state index in [1.807, 2.05) is 24.3 Å². The van der Waals surface area contributed by atoms with Gasteiger partial charge in [0.15, 0.2) is 5.78 Å². The van der Waals surface area contributed by atoms with Crippen LogP contribution >= 0.6 is 0 Å². The van der Waals surface area contributed by atoms with Gasteiger partial charge in [0.05, 0.1) is 13.5 Å². The molecule has 4 rings (SSSR count). The molecule has 3 aromatic carbocycles. The molecular formula is C29H30O4. The number of esters is 1. The number of hydrogen-bond donors (Lipinski definition) is 0. The highest BCUT2D eigenvalue weighted by atomic mass is 16.5. The summed E-state index contributed by atoms with van der Waals surface area (Å²) in [5, 5.41) is 0. The molecule has 4 heteroatoms. The van der Waals surface area contributed by atoms with Gasteiger partial charge in [0, 0.05) is 11.0 Å². The maximum atomic E-state index is 12.4. The van der Waals surface area contributed by atoms with E-state index in [0.29, 0.717) is 11.3 Å². The zero-order valence-electron chi connectivity index (χ0n) is 19.3. The van der Waals surface area contributed by atoms with E-state index in [4.69, 9.17) is 9.47 Å². The van der Waals surface area contributed by atoms with Crippen molar-refractivity contribution in [3.05, 3.63) is 95.1 Å². The quantitative estimate of drug-likeness (QED) is 0.245. The topological polar surface area (TPSA) is 52.6 Å². The van der Waals surface area contributed by atoms with E-state index in [9.17, 15) is 9.59 Å². The van der Waals surface area contributed by atoms with Crippen molar-refractivity contribution in [2.24, 2.45) is 0 Å². The van der Waals surface area contributed by atoms with Gasteiger partial charge in [-0.1, -0.05) is 67.8 Å². The first-order valence-electron chi connectivity index (χ1n) is 11.6. The van der Waals surface area contributed by atoms with Crippen LogP contribution in [-0.2, 0) is 16.6 Å². The van der Waals surface area contributed by atoms with E-state index in [1.54, 1.807) is 31.4 Å². The Bertz CT molecular complexity index is 1090. The Kier molecular flexibility index (Phi) is 6.93. The summed E-state index contributed by atoms with van der Waals surface area (Å²) in [5.74, 6) is 1.10. The van der Waals surface area contributed by atoms with E-state index in [0.717, 1.165) is 24.2 Å². The monoisotopic (exact) mass is 442 g/mol. The van der Waals surface area contributed by atoms with Crippen LogP contribution in [0.2, 0.25) is 0 Å². The summed E-state index contributed by atoms with van der Waals surface area (Å²) in [6.07, 6.45) is 6.04. The zero-order chi connectivity index (χ0) is 23.3. The minimum Gasteiger partial charge on any atom is -0.497 e. The van der Waals surface area contributed by atoms with Crippen LogP contribution in [0, 0.1) is 0 Å². The summed E-state index contributed by atoms with van der Waals surface area (Å²) in [4.78, 5) is 23.8. The molecule has 0 unspecified atom stereocenters. The van der Waals surface area contributed by atoms with Crippen LogP contribution < -0.4 is 9.47 Å².